The minimum absolute atomic E-state index is 0.0430. The summed E-state index contributed by atoms with van der Waals surface area (Å²) in [7, 11) is 1.38. The van der Waals surface area contributed by atoms with E-state index in [-0.39, 0.29) is 24.4 Å². The highest BCUT2D eigenvalue weighted by Crippen LogP contribution is 2.52. The van der Waals surface area contributed by atoms with Gasteiger partial charge >= 0.3 is 6.18 Å². The van der Waals surface area contributed by atoms with Crippen LogP contribution in [0.5, 0.6) is 5.75 Å². The molecule has 112 valence electrons. The van der Waals surface area contributed by atoms with Gasteiger partial charge in [-0.05, 0) is 19.3 Å². The van der Waals surface area contributed by atoms with Crippen LogP contribution in [0.4, 0.5) is 24.8 Å². The number of alkyl halides is 3. The van der Waals surface area contributed by atoms with Crippen LogP contribution in [-0.4, -0.2) is 35.3 Å². The van der Waals surface area contributed by atoms with Gasteiger partial charge in [-0.25, -0.2) is 9.97 Å². The second-order valence-electron chi connectivity index (χ2n) is 4.74. The van der Waals surface area contributed by atoms with Crippen LogP contribution < -0.4 is 15.4 Å². The third kappa shape index (κ3) is 2.73. The Kier molecular flexibility index (Phi) is 3.92. The molecule has 20 heavy (non-hydrogen) atoms. The molecular formula is C12H17F3N4O. The first-order chi connectivity index (χ1) is 9.43. The maximum Gasteiger partial charge on any atom is 0.411 e. The third-order valence-corrected chi connectivity index (χ3v) is 3.20. The smallest absolute Gasteiger partial charge is 0.411 e. The molecule has 0 aromatic carbocycles. The van der Waals surface area contributed by atoms with Gasteiger partial charge < -0.3 is 15.4 Å². The van der Waals surface area contributed by atoms with Gasteiger partial charge in [0.15, 0.2) is 11.6 Å². The van der Waals surface area contributed by atoms with Gasteiger partial charge in [-0.1, -0.05) is 6.92 Å². The lowest BCUT2D eigenvalue weighted by atomic mass is 10.2. The third-order valence-electron chi connectivity index (χ3n) is 3.20. The molecule has 5 nitrogen and oxygen atoms in total. The topological polar surface area (TPSA) is 59.1 Å². The summed E-state index contributed by atoms with van der Waals surface area (Å²) in [5.41, 5.74) is -1.88. The molecule has 8 heteroatoms. The van der Waals surface area contributed by atoms with Gasteiger partial charge in [-0.2, -0.15) is 13.2 Å². The lowest BCUT2D eigenvalue weighted by molar-refractivity contribution is -0.151. The van der Waals surface area contributed by atoms with Crippen molar-refractivity contribution in [3.63, 3.8) is 0 Å². The van der Waals surface area contributed by atoms with E-state index in [1.165, 1.54) is 13.4 Å². The lowest BCUT2D eigenvalue weighted by Crippen LogP contribution is -2.39. The molecule has 1 saturated carbocycles. The summed E-state index contributed by atoms with van der Waals surface area (Å²) in [6.07, 6.45) is -2.14. The van der Waals surface area contributed by atoms with Crippen LogP contribution in [0.15, 0.2) is 6.33 Å². The first-order valence-corrected chi connectivity index (χ1v) is 6.41. The number of anilines is 2. The molecule has 0 amide bonds. The van der Waals surface area contributed by atoms with Crippen LogP contribution in [0.2, 0.25) is 0 Å². The van der Waals surface area contributed by atoms with Crippen molar-refractivity contribution >= 4 is 11.6 Å². The zero-order chi connectivity index (χ0) is 14.8. The molecule has 0 unspecified atom stereocenters. The van der Waals surface area contributed by atoms with Crippen molar-refractivity contribution in [3.05, 3.63) is 6.33 Å². The fraction of sp³-hybridized carbons (Fsp3) is 0.667. The van der Waals surface area contributed by atoms with Gasteiger partial charge in [-0.15, -0.1) is 0 Å². The van der Waals surface area contributed by atoms with E-state index in [1.54, 1.807) is 0 Å². The normalized spacial score (nSPS) is 16.6. The van der Waals surface area contributed by atoms with Crippen molar-refractivity contribution in [2.45, 2.75) is 37.9 Å². The number of hydrogen-bond acceptors (Lipinski definition) is 5. The Labute approximate surface area is 114 Å². The van der Waals surface area contributed by atoms with Gasteiger partial charge in [0.2, 0.25) is 5.75 Å². The molecule has 1 aliphatic rings. The number of rotatable bonds is 6. The Bertz CT molecular complexity index is 474. The van der Waals surface area contributed by atoms with Gasteiger partial charge in [0.25, 0.3) is 0 Å². The Morgan fingerprint density at radius 1 is 1.30 bits per heavy atom. The van der Waals surface area contributed by atoms with E-state index < -0.39 is 11.7 Å². The van der Waals surface area contributed by atoms with Crippen molar-refractivity contribution in [1.29, 1.82) is 0 Å². The van der Waals surface area contributed by atoms with Crippen molar-refractivity contribution in [1.82, 2.24) is 9.97 Å². The number of aromatic nitrogens is 2. The molecule has 0 bridgehead atoms. The second-order valence-corrected chi connectivity index (χ2v) is 4.74. The average molecular weight is 290 g/mol. The van der Waals surface area contributed by atoms with Gasteiger partial charge in [0.1, 0.15) is 11.9 Å². The highest BCUT2D eigenvalue weighted by molar-refractivity contribution is 5.65. The van der Waals surface area contributed by atoms with Crippen molar-refractivity contribution in [2.75, 3.05) is 24.3 Å². The summed E-state index contributed by atoms with van der Waals surface area (Å²) >= 11 is 0. The fourth-order valence-electron chi connectivity index (χ4n) is 1.86. The Morgan fingerprint density at radius 3 is 2.45 bits per heavy atom. The first-order valence-electron chi connectivity index (χ1n) is 6.41. The average Bonchev–Trinajstić information content (AvgIpc) is 3.17. The minimum Gasteiger partial charge on any atom is -0.490 e. The fourth-order valence-corrected chi connectivity index (χ4v) is 1.86. The van der Waals surface area contributed by atoms with Crippen LogP contribution in [0.25, 0.3) is 0 Å². The van der Waals surface area contributed by atoms with Crippen LogP contribution >= 0.6 is 0 Å². The first kappa shape index (κ1) is 14.7. The molecule has 0 radical (unpaired) electrons. The summed E-state index contributed by atoms with van der Waals surface area (Å²) in [6, 6.07) is 0. The second kappa shape index (κ2) is 5.34. The number of ether oxygens (including phenoxy) is 1. The van der Waals surface area contributed by atoms with Crippen LogP contribution in [0, 0.1) is 0 Å². The van der Waals surface area contributed by atoms with Crippen molar-refractivity contribution in [2.24, 2.45) is 0 Å². The zero-order valence-corrected chi connectivity index (χ0v) is 11.3. The number of nitrogens with one attached hydrogen (secondary N) is 2. The summed E-state index contributed by atoms with van der Waals surface area (Å²) in [5, 5.41) is 5.47. The molecule has 1 fully saturated rings. The number of halogens is 3. The zero-order valence-electron chi connectivity index (χ0n) is 11.3. The maximum atomic E-state index is 13.0. The minimum atomic E-state index is -4.31. The van der Waals surface area contributed by atoms with Crippen LogP contribution in [-0.2, 0) is 0 Å². The molecule has 1 aromatic rings. The number of methoxy groups -OCH3 is 1. The van der Waals surface area contributed by atoms with E-state index in [4.69, 9.17) is 4.74 Å². The van der Waals surface area contributed by atoms with Gasteiger partial charge in [-0.3, -0.25) is 0 Å². The van der Waals surface area contributed by atoms with Crippen LogP contribution in [0.1, 0.15) is 26.2 Å². The molecule has 1 aromatic heterocycles. The van der Waals surface area contributed by atoms with Gasteiger partial charge in [0.05, 0.1) is 7.11 Å². The largest absolute Gasteiger partial charge is 0.490 e. The van der Waals surface area contributed by atoms with Gasteiger partial charge in [0, 0.05) is 6.54 Å². The molecule has 0 atom stereocenters. The highest BCUT2D eigenvalue weighted by Gasteiger charge is 2.64. The SMILES string of the molecule is CCCNc1ncnc(NC2(C(F)(F)F)CC2)c1OC. The molecule has 2 rings (SSSR count). The molecule has 0 aliphatic heterocycles. The highest BCUT2D eigenvalue weighted by atomic mass is 19.4. The van der Waals surface area contributed by atoms with E-state index in [0.29, 0.717) is 12.4 Å². The predicted molar refractivity (Wildman–Crippen MR) is 69.0 cm³/mol. The van der Waals surface area contributed by atoms with E-state index in [0.717, 1.165) is 6.42 Å². The molecular weight excluding hydrogens is 273 g/mol. The molecule has 0 spiro atoms. The Balaban J connectivity index is 2.24. The van der Waals surface area contributed by atoms with Crippen molar-refractivity contribution < 1.29 is 17.9 Å². The summed E-state index contributed by atoms with van der Waals surface area (Å²) < 4.78 is 44.0. The summed E-state index contributed by atoms with van der Waals surface area (Å²) in [5.74, 6) is 0.664. The number of nitrogens with zero attached hydrogens (tertiary/aromatic N) is 2. The van der Waals surface area contributed by atoms with E-state index in [1.807, 2.05) is 6.92 Å². The summed E-state index contributed by atoms with van der Waals surface area (Å²) in [6.45, 7) is 2.62. The van der Waals surface area contributed by atoms with Crippen molar-refractivity contribution in [3.8, 4) is 5.75 Å². The molecule has 1 aliphatic carbocycles. The quantitative estimate of drug-likeness (QED) is 0.843. The maximum absolute atomic E-state index is 13.0. The molecule has 0 saturated heterocycles. The lowest BCUT2D eigenvalue weighted by Gasteiger charge is -2.23. The van der Waals surface area contributed by atoms with Crippen LogP contribution in [0.3, 0.4) is 0 Å². The Morgan fingerprint density at radius 2 is 1.95 bits per heavy atom. The standard InChI is InChI=1S/C12H17F3N4O/c1-3-6-16-9-8(20-2)10(18-7-17-9)19-11(4-5-11)12(13,14)15/h7H,3-6H2,1-2H3,(H2,16,17,18,19). The van der Waals surface area contributed by atoms with E-state index >= 15 is 0 Å². The summed E-state index contributed by atoms with van der Waals surface area (Å²) in [4.78, 5) is 7.86. The Hall–Kier alpha value is -1.73. The monoisotopic (exact) mass is 290 g/mol. The van der Waals surface area contributed by atoms with E-state index in [9.17, 15) is 13.2 Å². The number of hydrogen-bond donors (Lipinski definition) is 2. The van der Waals surface area contributed by atoms with E-state index in [2.05, 4.69) is 20.6 Å². The molecule has 1 heterocycles. The predicted octanol–water partition coefficient (Wildman–Crippen LogP) is 2.81. The molecule has 2 N–H and O–H groups in total.